The van der Waals surface area contributed by atoms with E-state index in [9.17, 15) is 54.3 Å². The molecule has 5 aliphatic heterocycles. The predicted octanol–water partition coefficient (Wildman–Crippen LogP) is 7.71. The number of ether oxygens (including phenoxy) is 7. The number of benzene rings is 3. The zero-order valence-corrected chi connectivity index (χ0v) is 48.3. The summed E-state index contributed by atoms with van der Waals surface area (Å²) >= 11 is 0. The summed E-state index contributed by atoms with van der Waals surface area (Å²) in [7, 11) is 4.47. The van der Waals surface area contributed by atoms with Crippen LogP contribution in [-0.2, 0) is 58.0 Å². The largest absolute Gasteiger partial charge is 0.508 e. The van der Waals surface area contributed by atoms with Crippen molar-refractivity contribution < 1.29 is 87.5 Å². The summed E-state index contributed by atoms with van der Waals surface area (Å²) in [4.78, 5) is 88.0. The van der Waals surface area contributed by atoms with Crippen molar-refractivity contribution in [1.29, 1.82) is 0 Å². The zero-order valence-electron chi connectivity index (χ0n) is 48.3. The Kier molecular flexibility index (Phi) is 19.6. The molecule has 3 fully saturated rings. The van der Waals surface area contributed by atoms with E-state index >= 15 is 0 Å². The summed E-state index contributed by atoms with van der Waals surface area (Å²) in [6.07, 6.45) is -0.0830. The molecule has 5 heterocycles. The Morgan fingerprint density at radius 3 is 2.10 bits per heavy atom. The number of phenols is 2. The van der Waals surface area contributed by atoms with Gasteiger partial charge in [-0.05, 0) is 125 Å². The van der Waals surface area contributed by atoms with E-state index in [0.717, 1.165) is 4.90 Å². The third-order valence-corrected chi connectivity index (χ3v) is 17.9. The Morgan fingerprint density at radius 2 is 1.44 bits per heavy atom. The fourth-order valence-electron chi connectivity index (χ4n) is 13.4. The van der Waals surface area contributed by atoms with Gasteiger partial charge in [0.05, 0.1) is 36.1 Å². The number of hydrogen-bond acceptors (Lipinski definition) is 18. The number of Topliss-reactive ketones (excluding diaryl/α,β-unsaturated/α-hetero) is 2. The SMILES string of the molecule is C.CO[C@H]1C[C@@H](C)C/C(C)=C/[C@@H](CC(=O)Nc2ccc3c(c2)C(=O)OC32c3ccc(O)cc3Oc3cc(O)ccc32)C(=O)C[C@H](O)[C@@H](C)[C@@H](/C(C)=C/[C@@H]2CC[C@@H](O)[C@H](OC)C2)OC(=O)[C@@H]2CCCCN2C(=O)C(=O)[C@]2(O)O[C@H]1[C@@H](OC)C[C@H]2C. The number of allylic oxidation sites excluding steroid dienone is 3. The maximum Gasteiger partial charge on any atom is 0.340 e. The van der Waals surface area contributed by atoms with E-state index in [1.165, 1.54) is 51.7 Å². The van der Waals surface area contributed by atoms with Crippen LogP contribution in [0.1, 0.15) is 140 Å². The molecule has 456 valence electrons. The normalized spacial score (nSPS) is 32.8. The molecule has 0 unspecified atom stereocenters. The Bertz CT molecular complexity index is 2990. The smallest absolute Gasteiger partial charge is 0.340 e. The number of rotatable bonds is 8. The summed E-state index contributed by atoms with van der Waals surface area (Å²) < 4.78 is 42.4. The second-order valence-electron chi connectivity index (χ2n) is 23.8. The summed E-state index contributed by atoms with van der Waals surface area (Å²) in [6, 6.07) is 12.3. The van der Waals surface area contributed by atoms with Crippen LogP contribution in [0.3, 0.4) is 0 Å². The lowest BCUT2D eigenvalue weighted by atomic mass is 9.77. The first-order valence-electron chi connectivity index (χ1n) is 28.8. The molecule has 6 aliphatic rings. The van der Waals surface area contributed by atoms with E-state index in [2.05, 4.69) is 5.32 Å². The Labute approximate surface area is 490 Å². The van der Waals surface area contributed by atoms with Crippen molar-refractivity contribution >= 4 is 41.0 Å². The number of amides is 2. The standard InChI is InChI=1S/C63H78N2O18.CH4/c1-32-21-33(2)23-53(78-7)57-54(79-8)25-35(4)63(76,82-57)58(72)59(73)65-20-10-9-11-46(65)61(75)81-56(34(3)24-37-12-19-47(68)52(26-37)77-6)36(5)48(69)31-49(70)38(22-32)27-55(71)64-39-13-16-43-42(28-39)60(74)83-62(43)44-17-14-40(66)29-50(44)80-51-30-41(67)15-18-45(51)62;/h13-18,22,24,28-30,33,35-38,46-48,52-54,56-57,66-69,76H,9-12,19-21,23,25-27,31H2,1-8H3,(H,64,71);1H4/b32-22+,34-24+;/t33-,35+,36+,37-,38-,46-,47+,48-,52+,53-,54-,56+,57+,63+;/m0./s1. The second kappa shape index (κ2) is 26.0. The van der Waals surface area contributed by atoms with Gasteiger partial charge >= 0.3 is 11.9 Å². The Balaban J connectivity index is 0.00000920. The topological polar surface area (TPSA) is 283 Å². The molecule has 0 aromatic heterocycles. The maximum absolute atomic E-state index is 14.9. The number of piperidine rings is 1. The average molecular weight is 1170 g/mol. The highest BCUT2D eigenvalue weighted by atomic mass is 16.7. The molecule has 2 saturated heterocycles. The monoisotopic (exact) mass is 1170 g/mol. The van der Waals surface area contributed by atoms with Gasteiger partial charge in [0.25, 0.3) is 11.7 Å². The van der Waals surface area contributed by atoms with Crippen molar-refractivity contribution in [3.63, 3.8) is 0 Å². The predicted molar refractivity (Wildman–Crippen MR) is 306 cm³/mol. The van der Waals surface area contributed by atoms with E-state index in [4.69, 9.17) is 33.2 Å². The molecule has 1 saturated carbocycles. The van der Waals surface area contributed by atoms with Crippen LogP contribution in [0.4, 0.5) is 5.69 Å². The van der Waals surface area contributed by atoms with Crippen molar-refractivity contribution in [2.75, 3.05) is 33.2 Å². The van der Waals surface area contributed by atoms with Crippen molar-refractivity contribution in [2.45, 2.75) is 173 Å². The summed E-state index contributed by atoms with van der Waals surface area (Å²) in [5, 5.41) is 58.7. The number of aliphatic hydroxyl groups excluding tert-OH is 2. The molecule has 1 spiro atoms. The average Bonchev–Trinajstić information content (AvgIpc) is 1.50. The van der Waals surface area contributed by atoms with Crippen LogP contribution in [0.25, 0.3) is 0 Å². The van der Waals surface area contributed by atoms with Crippen molar-refractivity contribution in [3.05, 3.63) is 100 Å². The van der Waals surface area contributed by atoms with Crippen molar-refractivity contribution in [1.82, 2.24) is 4.90 Å². The number of fused-ring (bicyclic) bond motifs is 9. The molecule has 20 heteroatoms. The minimum absolute atomic E-state index is 0. The third kappa shape index (κ3) is 12.6. The van der Waals surface area contributed by atoms with E-state index in [0.29, 0.717) is 72.8 Å². The first-order chi connectivity index (χ1) is 39.5. The van der Waals surface area contributed by atoms with Crippen molar-refractivity contribution in [3.8, 4) is 23.0 Å². The number of aliphatic hydroxyl groups is 3. The van der Waals surface area contributed by atoms with Gasteiger partial charge in [0, 0.05) is 93.0 Å². The lowest BCUT2D eigenvalue weighted by Gasteiger charge is -2.47. The van der Waals surface area contributed by atoms with Crippen LogP contribution in [0.5, 0.6) is 23.0 Å². The molecule has 1 aliphatic carbocycles. The number of phenolic OH excluding ortho intramolecular Hbond substituents is 2. The minimum atomic E-state index is -2.62. The van der Waals surface area contributed by atoms with Crippen LogP contribution in [-0.4, -0.2) is 148 Å². The first kappa shape index (κ1) is 63.5. The number of nitrogens with zero attached hydrogens (tertiary/aromatic N) is 1. The van der Waals surface area contributed by atoms with Crippen LogP contribution < -0.4 is 10.1 Å². The molecule has 2 amide bonds. The fraction of sp³-hybridized carbons (Fsp3) is 0.562. The molecule has 84 heavy (non-hydrogen) atoms. The molecule has 20 nitrogen and oxygen atoms in total. The fourth-order valence-corrected chi connectivity index (χ4v) is 13.4. The molecule has 3 aromatic carbocycles. The molecule has 0 radical (unpaired) electrons. The van der Waals surface area contributed by atoms with E-state index < -0.39 is 126 Å². The van der Waals surface area contributed by atoms with Gasteiger partial charge in [-0.3, -0.25) is 19.2 Å². The van der Waals surface area contributed by atoms with Gasteiger partial charge in [-0.2, -0.15) is 0 Å². The van der Waals surface area contributed by atoms with Crippen LogP contribution in [0.15, 0.2) is 77.9 Å². The van der Waals surface area contributed by atoms with Crippen molar-refractivity contribution in [2.24, 2.45) is 29.6 Å². The highest BCUT2D eigenvalue weighted by Crippen LogP contribution is 2.57. The molecule has 9 rings (SSSR count). The molecule has 2 bridgehead atoms. The number of esters is 2. The van der Waals surface area contributed by atoms with Gasteiger partial charge in [0.15, 0.2) is 5.60 Å². The number of hydrogen-bond donors (Lipinski definition) is 6. The van der Waals surface area contributed by atoms with Crippen LogP contribution >= 0.6 is 0 Å². The molecular weight excluding hydrogens is 1080 g/mol. The number of aromatic hydroxyl groups is 2. The highest BCUT2D eigenvalue weighted by Gasteiger charge is 2.57. The van der Waals surface area contributed by atoms with Gasteiger partial charge in [-0.15, -0.1) is 0 Å². The quantitative estimate of drug-likeness (QED) is 0.0715. The first-order valence-corrected chi connectivity index (χ1v) is 28.8. The number of methoxy groups -OCH3 is 3. The Hall–Kier alpha value is -6.52. The second-order valence-corrected chi connectivity index (χ2v) is 23.8. The number of ketones is 2. The van der Waals surface area contributed by atoms with Gasteiger partial charge in [0.1, 0.15) is 47.0 Å². The van der Waals surface area contributed by atoms with E-state index in [-0.39, 0.29) is 72.9 Å². The summed E-state index contributed by atoms with van der Waals surface area (Å²) in [6.45, 7) is 8.75. The summed E-state index contributed by atoms with van der Waals surface area (Å²) in [5.41, 5.74) is 1.29. The Morgan fingerprint density at radius 1 is 0.798 bits per heavy atom. The van der Waals surface area contributed by atoms with Gasteiger partial charge in [0.2, 0.25) is 11.7 Å². The van der Waals surface area contributed by atoms with E-state index in [1.807, 2.05) is 19.9 Å². The number of carbonyl (C=O) groups is 6. The molecule has 3 aromatic rings. The van der Waals surface area contributed by atoms with Crippen LogP contribution in [0.2, 0.25) is 0 Å². The van der Waals surface area contributed by atoms with Gasteiger partial charge in [-0.1, -0.05) is 52.0 Å². The molecule has 6 N–H and O–H groups in total. The van der Waals surface area contributed by atoms with E-state index in [1.54, 1.807) is 51.1 Å². The lowest BCUT2D eigenvalue weighted by molar-refractivity contribution is -0.302. The lowest BCUT2D eigenvalue weighted by Crippen LogP contribution is -2.64. The number of nitrogens with one attached hydrogen (secondary N) is 1. The highest BCUT2D eigenvalue weighted by molar-refractivity contribution is 6.39. The molecular formula is C64H82N2O18. The number of carbonyl (C=O) groups excluding carboxylic acids is 6. The third-order valence-electron chi connectivity index (χ3n) is 17.9. The minimum Gasteiger partial charge on any atom is -0.508 e. The van der Waals surface area contributed by atoms with Crippen LogP contribution in [0, 0.1) is 29.6 Å². The number of anilines is 1. The summed E-state index contributed by atoms with van der Waals surface area (Å²) in [5.74, 6) is -10.7. The van der Waals surface area contributed by atoms with Gasteiger partial charge < -0.3 is 68.9 Å². The zero-order chi connectivity index (χ0) is 59.8. The molecule has 14 atom stereocenters. The maximum atomic E-state index is 14.9. The van der Waals surface area contributed by atoms with Gasteiger partial charge in [-0.25, -0.2) is 9.59 Å². The number of cyclic esters (lactones) is 1.